The van der Waals surface area contributed by atoms with E-state index in [0.29, 0.717) is 6.07 Å². The molecule has 0 atom stereocenters. The molecule has 0 saturated heterocycles. The van der Waals surface area contributed by atoms with Gasteiger partial charge in [-0.05, 0) is 31.9 Å². The Morgan fingerprint density at radius 3 is 2.67 bits per heavy atom. The quantitative estimate of drug-likeness (QED) is 0.850. The summed E-state index contributed by atoms with van der Waals surface area (Å²) in [6, 6.07) is 2.22. The van der Waals surface area contributed by atoms with E-state index in [-0.39, 0.29) is 24.9 Å². The summed E-state index contributed by atoms with van der Waals surface area (Å²) in [6.45, 7) is 1.71. The zero-order chi connectivity index (χ0) is 15.4. The number of hydrogen-bond acceptors (Lipinski definition) is 3. The summed E-state index contributed by atoms with van der Waals surface area (Å²) >= 11 is 0. The van der Waals surface area contributed by atoms with E-state index < -0.39 is 23.6 Å². The second-order valence-electron chi connectivity index (χ2n) is 4.72. The monoisotopic (exact) mass is 298 g/mol. The molecule has 2 amide bonds. The molecule has 0 heterocycles. The summed E-state index contributed by atoms with van der Waals surface area (Å²) in [5.74, 6) is -2.11. The number of benzene rings is 1. The smallest absolute Gasteiger partial charge is 0.325 e. The van der Waals surface area contributed by atoms with Gasteiger partial charge in [-0.2, -0.15) is 0 Å². The number of anilines is 1. The molecule has 1 aliphatic carbocycles. The minimum atomic E-state index is -0.866. The van der Waals surface area contributed by atoms with E-state index >= 15 is 0 Å². The summed E-state index contributed by atoms with van der Waals surface area (Å²) in [6.07, 6.45) is 1.58. The second kappa shape index (κ2) is 6.51. The van der Waals surface area contributed by atoms with Gasteiger partial charge in [0.1, 0.15) is 18.2 Å². The molecule has 21 heavy (non-hydrogen) atoms. The van der Waals surface area contributed by atoms with E-state index in [0.717, 1.165) is 25.0 Å². The number of carbonyl (C=O) groups excluding carboxylic acids is 2. The van der Waals surface area contributed by atoms with Crippen LogP contribution in [0.3, 0.4) is 0 Å². The molecule has 1 aromatic rings. The van der Waals surface area contributed by atoms with Crippen molar-refractivity contribution in [3.8, 4) is 0 Å². The van der Waals surface area contributed by atoms with Crippen LogP contribution in [0.5, 0.6) is 0 Å². The van der Waals surface area contributed by atoms with Crippen LogP contribution in [0.1, 0.15) is 19.8 Å². The SMILES string of the molecule is CCOC(=O)CN(C(=O)Nc1ccc(F)cc1F)C1CC1. The second-order valence-corrected chi connectivity index (χ2v) is 4.72. The van der Waals surface area contributed by atoms with Crippen LogP contribution in [0, 0.1) is 11.6 Å². The van der Waals surface area contributed by atoms with Gasteiger partial charge in [-0.3, -0.25) is 4.79 Å². The Kier molecular flexibility index (Phi) is 4.72. The van der Waals surface area contributed by atoms with Crippen LogP contribution in [-0.2, 0) is 9.53 Å². The highest BCUT2D eigenvalue weighted by Gasteiger charge is 2.34. The van der Waals surface area contributed by atoms with Crippen molar-refractivity contribution in [3.05, 3.63) is 29.8 Å². The molecule has 5 nitrogen and oxygen atoms in total. The van der Waals surface area contributed by atoms with Crippen LogP contribution in [-0.4, -0.2) is 36.1 Å². The number of nitrogens with zero attached hydrogens (tertiary/aromatic N) is 1. The summed E-state index contributed by atoms with van der Waals surface area (Å²) in [5, 5.41) is 2.34. The Bertz CT molecular complexity index is 547. The van der Waals surface area contributed by atoms with Crippen molar-refractivity contribution in [2.24, 2.45) is 0 Å². The maximum absolute atomic E-state index is 13.5. The van der Waals surface area contributed by atoms with Crippen molar-refractivity contribution >= 4 is 17.7 Å². The van der Waals surface area contributed by atoms with Gasteiger partial charge in [0.05, 0.1) is 12.3 Å². The average molecular weight is 298 g/mol. The van der Waals surface area contributed by atoms with Crippen molar-refractivity contribution < 1.29 is 23.1 Å². The molecule has 1 saturated carbocycles. The van der Waals surface area contributed by atoms with Crippen molar-refractivity contribution in [1.82, 2.24) is 4.90 Å². The van der Waals surface area contributed by atoms with Crippen LogP contribution in [0.25, 0.3) is 0 Å². The minimum absolute atomic E-state index is 0.0436. The summed E-state index contributed by atoms with van der Waals surface area (Å²) in [5.41, 5.74) is -0.129. The predicted octanol–water partition coefficient (Wildman–Crippen LogP) is 2.52. The van der Waals surface area contributed by atoms with Gasteiger partial charge in [0.2, 0.25) is 0 Å². The molecule has 0 aromatic heterocycles. The summed E-state index contributed by atoms with van der Waals surface area (Å²) < 4.78 is 31.1. The topological polar surface area (TPSA) is 58.6 Å². The number of rotatable bonds is 5. The highest BCUT2D eigenvalue weighted by molar-refractivity contribution is 5.92. The molecule has 7 heteroatoms. The first-order valence-corrected chi connectivity index (χ1v) is 6.69. The predicted molar refractivity (Wildman–Crippen MR) is 71.7 cm³/mol. The number of carbonyl (C=O) groups is 2. The zero-order valence-corrected chi connectivity index (χ0v) is 11.6. The maximum Gasteiger partial charge on any atom is 0.325 e. The number of urea groups is 1. The van der Waals surface area contributed by atoms with Gasteiger partial charge in [0.25, 0.3) is 0 Å². The lowest BCUT2D eigenvalue weighted by Crippen LogP contribution is -2.41. The third-order valence-corrected chi connectivity index (χ3v) is 3.03. The average Bonchev–Trinajstić information content (AvgIpc) is 3.24. The van der Waals surface area contributed by atoms with Gasteiger partial charge in [0.15, 0.2) is 0 Å². The van der Waals surface area contributed by atoms with Gasteiger partial charge in [-0.15, -0.1) is 0 Å². The van der Waals surface area contributed by atoms with Gasteiger partial charge in [-0.1, -0.05) is 0 Å². The number of amides is 2. The first-order chi connectivity index (χ1) is 10.0. The van der Waals surface area contributed by atoms with E-state index in [9.17, 15) is 18.4 Å². The number of hydrogen-bond donors (Lipinski definition) is 1. The highest BCUT2D eigenvalue weighted by atomic mass is 19.1. The lowest BCUT2D eigenvalue weighted by molar-refractivity contribution is -0.143. The van der Waals surface area contributed by atoms with Crippen molar-refractivity contribution in [2.75, 3.05) is 18.5 Å². The zero-order valence-electron chi connectivity index (χ0n) is 11.6. The molecule has 0 radical (unpaired) electrons. The molecule has 114 valence electrons. The Hall–Kier alpha value is -2.18. The van der Waals surface area contributed by atoms with Crippen molar-refractivity contribution in [1.29, 1.82) is 0 Å². The number of esters is 1. The molecular weight excluding hydrogens is 282 g/mol. The number of nitrogens with one attached hydrogen (secondary N) is 1. The van der Waals surface area contributed by atoms with E-state index in [1.165, 1.54) is 4.90 Å². The molecule has 1 N–H and O–H groups in total. The normalized spacial score (nSPS) is 13.7. The van der Waals surface area contributed by atoms with Crippen molar-refractivity contribution in [2.45, 2.75) is 25.8 Å². The highest BCUT2D eigenvalue weighted by Crippen LogP contribution is 2.27. The van der Waals surface area contributed by atoms with Gasteiger partial charge in [0, 0.05) is 12.1 Å². The molecule has 0 spiro atoms. The van der Waals surface area contributed by atoms with Gasteiger partial charge in [-0.25, -0.2) is 13.6 Å². The molecule has 0 bridgehead atoms. The van der Waals surface area contributed by atoms with Gasteiger partial charge >= 0.3 is 12.0 Å². The Labute approximate surface area is 120 Å². The minimum Gasteiger partial charge on any atom is -0.465 e. The molecule has 0 aliphatic heterocycles. The Morgan fingerprint density at radius 1 is 1.38 bits per heavy atom. The van der Waals surface area contributed by atoms with E-state index in [2.05, 4.69) is 5.32 Å². The third kappa shape index (κ3) is 4.14. The lowest BCUT2D eigenvalue weighted by Gasteiger charge is -2.21. The summed E-state index contributed by atoms with van der Waals surface area (Å²) in [4.78, 5) is 24.9. The van der Waals surface area contributed by atoms with Crippen LogP contribution in [0.2, 0.25) is 0 Å². The van der Waals surface area contributed by atoms with Gasteiger partial charge < -0.3 is 15.0 Å². The molecule has 2 rings (SSSR count). The van der Waals surface area contributed by atoms with E-state index in [1.807, 2.05) is 0 Å². The number of halogens is 2. The Morgan fingerprint density at radius 2 is 2.10 bits per heavy atom. The molecule has 0 unspecified atom stereocenters. The fourth-order valence-corrected chi connectivity index (χ4v) is 1.88. The standard InChI is InChI=1S/C14H16F2N2O3/c1-2-21-13(19)8-18(10-4-5-10)14(20)17-12-6-3-9(15)7-11(12)16/h3,6-7,10H,2,4-5,8H2,1H3,(H,17,20). The van der Waals surface area contributed by atoms with E-state index in [1.54, 1.807) is 6.92 Å². The molecule has 1 aliphatic rings. The van der Waals surface area contributed by atoms with Crippen LogP contribution in [0.4, 0.5) is 19.3 Å². The number of ether oxygens (including phenoxy) is 1. The lowest BCUT2D eigenvalue weighted by atomic mass is 10.3. The maximum atomic E-state index is 13.5. The fourth-order valence-electron chi connectivity index (χ4n) is 1.88. The molecular formula is C14H16F2N2O3. The van der Waals surface area contributed by atoms with Crippen molar-refractivity contribution in [3.63, 3.8) is 0 Å². The first kappa shape index (κ1) is 15.2. The van der Waals surface area contributed by atoms with Crippen LogP contribution < -0.4 is 5.32 Å². The molecule has 1 aromatic carbocycles. The first-order valence-electron chi connectivity index (χ1n) is 6.69. The fraction of sp³-hybridized carbons (Fsp3) is 0.429. The largest absolute Gasteiger partial charge is 0.465 e. The van der Waals surface area contributed by atoms with E-state index in [4.69, 9.17) is 4.74 Å². The van der Waals surface area contributed by atoms with Crippen LogP contribution >= 0.6 is 0 Å². The Balaban J connectivity index is 2.03. The molecule has 1 fully saturated rings. The third-order valence-electron chi connectivity index (χ3n) is 3.03. The summed E-state index contributed by atoms with van der Waals surface area (Å²) in [7, 11) is 0. The van der Waals surface area contributed by atoms with Crippen LogP contribution in [0.15, 0.2) is 18.2 Å².